The third-order valence-electron chi connectivity index (χ3n) is 5.57. The Hall–Kier alpha value is -3.01. The molecule has 0 fully saturated rings. The number of rotatable bonds is 10. The molecule has 0 saturated carbocycles. The topological polar surface area (TPSA) is 40.6 Å². The van der Waals surface area contributed by atoms with Gasteiger partial charge in [-0.3, -0.25) is 4.98 Å². The van der Waals surface area contributed by atoms with Crippen LogP contribution in [-0.4, -0.2) is 19.2 Å². The number of ether oxygens (including phenoxy) is 3. The molecular formula is C27H33NO3. The first-order valence-corrected chi connectivity index (χ1v) is 11.1. The predicted molar refractivity (Wildman–Crippen MR) is 126 cm³/mol. The van der Waals surface area contributed by atoms with Gasteiger partial charge < -0.3 is 14.2 Å². The molecule has 4 nitrogen and oxygen atoms in total. The van der Waals surface area contributed by atoms with E-state index in [4.69, 9.17) is 19.2 Å². The molecule has 0 amide bonds. The van der Waals surface area contributed by atoms with Crippen LogP contribution in [0.25, 0.3) is 11.3 Å². The lowest BCUT2D eigenvalue weighted by atomic mass is 9.94. The summed E-state index contributed by atoms with van der Waals surface area (Å²) in [5.41, 5.74) is 6.90. The third kappa shape index (κ3) is 5.19. The van der Waals surface area contributed by atoms with Gasteiger partial charge in [-0.25, -0.2) is 0 Å². The van der Waals surface area contributed by atoms with Gasteiger partial charge in [-0.1, -0.05) is 51.5 Å². The maximum absolute atomic E-state index is 6.08. The smallest absolute Gasteiger partial charge is 0.161 e. The molecule has 0 aliphatic rings. The lowest BCUT2D eigenvalue weighted by Gasteiger charge is -2.16. The van der Waals surface area contributed by atoms with Crippen molar-refractivity contribution in [1.82, 2.24) is 4.98 Å². The zero-order valence-electron chi connectivity index (χ0n) is 19.3. The molecule has 164 valence electrons. The second-order valence-electron chi connectivity index (χ2n) is 7.56. The van der Waals surface area contributed by atoms with Crippen molar-refractivity contribution in [1.29, 1.82) is 0 Å². The van der Waals surface area contributed by atoms with Gasteiger partial charge in [-0.2, -0.15) is 0 Å². The molecule has 1 aromatic heterocycles. The Morgan fingerprint density at radius 3 is 2.10 bits per heavy atom. The number of hydrogen-bond donors (Lipinski definition) is 0. The molecule has 3 rings (SSSR count). The van der Waals surface area contributed by atoms with Gasteiger partial charge in [0.2, 0.25) is 0 Å². The molecular weight excluding hydrogens is 386 g/mol. The van der Waals surface area contributed by atoms with E-state index in [1.807, 2.05) is 24.4 Å². The highest BCUT2D eigenvalue weighted by molar-refractivity contribution is 5.69. The first-order chi connectivity index (χ1) is 15.1. The summed E-state index contributed by atoms with van der Waals surface area (Å²) in [7, 11) is 3.36. The van der Waals surface area contributed by atoms with E-state index in [0.717, 1.165) is 54.2 Å². The summed E-state index contributed by atoms with van der Waals surface area (Å²) in [6.07, 6.45) is 5.91. The summed E-state index contributed by atoms with van der Waals surface area (Å²) in [6.45, 7) is 6.88. The number of aromatic nitrogens is 1. The molecule has 0 aliphatic carbocycles. The van der Waals surface area contributed by atoms with Crippen molar-refractivity contribution in [2.45, 2.75) is 53.1 Å². The summed E-state index contributed by atoms with van der Waals surface area (Å²) in [6, 6.07) is 14.6. The predicted octanol–water partition coefficient (Wildman–Crippen LogP) is 6.42. The molecule has 0 radical (unpaired) electrons. The Balaban J connectivity index is 1.87. The van der Waals surface area contributed by atoms with Crippen LogP contribution in [0.5, 0.6) is 17.2 Å². The number of methoxy groups -OCH3 is 2. The number of pyridine rings is 1. The zero-order chi connectivity index (χ0) is 22.2. The summed E-state index contributed by atoms with van der Waals surface area (Å²) in [5.74, 6) is 2.25. The highest BCUT2D eigenvalue weighted by Crippen LogP contribution is 2.33. The van der Waals surface area contributed by atoms with Crippen molar-refractivity contribution in [3.05, 3.63) is 70.9 Å². The minimum atomic E-state index is 0.357. The van der Waals surface area contributed by atoms with Crippen molar-refractivity contribution in [2.24, 2.45) is 0 Å². The number of hydrogen-bond acceptors (Lipinski definition) is 4. The molecule has 4 heteroatoms. The fourth-order valence-electron chi connectivity index (χ4n) is 3.90. The maximum atomic E-state index is 6.08. The molecule has 0 unspecified atom stereocenters. The van der Waals surface area contributed by atoms with Crippen molar-refractivity contribution < 1.29 is 14.2 Å². The largest absolute Gasteiger partial charge is 0.496 e. The van der Waals surface area contributed by atoms with Gasteiger partial charge in [-0.05, 0) is 48.1 Å². The Morgan fingerprint density at radius 2 is 1.48 bits per heavy atom. The number of nitrogens with zero attached hydrogens (tertiary/aromatic N) is 1. The molecule has 0 saturated heterocycles. The second-order valence-corrected chi connectivity index (χ2v) is 7.56. The first-order valence-electron chi connectivity index (χ1n) is 11.1. The Labute approximate surface area is 186 Å². The van der Waals surface area contributed by atoms with Crippen molar-refractivity contribution in [3.8, 4) is 28.5 Å². The van der Waals surface area contributed by atoms with Gasteiger partial charge in [0.15, 0.2) is 11.5 Å². The second kappa shape index (κ2) is 10.9. The quantitative estimate of drug-likeness (QED) is 0.380. The van der Waals surface area contributed by atoms with E-state index < -0.39 is 0 Å². The molecule has 2 aromatic carbocycles. The lowest BCUT2D eigenvalue weighted by molar-refractivity contribution is 0.277. The Kier molecular flexibility index (Phi) is 7.94. The van der Waals surface area contributed by atoms with Crippen LogP contribution in [0.1, 0.15) is 49.4 Å². The van der Waals surface area contributed by atoms with Gasteiger partial charge in [0.25, 0.3) is 0 Å². The molecule has 3 aromatic rings. The molecule has 1 heterocycles. The summed E-state index contributed by atoms with van der Waals surface area (Å²) in [5, 5.41) is 0. The fourth-order valence-corrected chi connectivity index (χ4v) is 3.90. The number of aryl methyl sites for hydroxylation is 3. The van der Waals surface area contributed by atoms with E-state index in [0.29, 0.717) is 6.61 Å². The SMILES string of the molecule is CCCc1ccc(OCc2cnc(-c3c(CC)cccc3CC)cc2OC)c(OC)c1. The van der Waals surface area contributed by atoms with Gasteiger partial charge in [0.1, 0.15) is 12.4 Å². The molecule has 0 aliphatic heterocycles. The summed E-state index contributed by atoms with van der Waals surface area (Å²) >= 11 is 0. The third-order valence-corrected chi connectivity index (χ3v) is 5.57. The van der Waals surface area contributed by atoms with Crippen LogP contribution in [0.15, 0.2) is 48.7 Å². The van der Waals surface area contributed by atoms with E-state index in [2.05, 4.69) is 45.0 Å². The molecule has 0 spiro atoms. The standard InChI is InChI=1S/C27H33NO3/c1-6-10-19-13-14-24(26(15-19)30-5)31-18-22-17-28-23(16-25(22)29-4)27-20(7-2)11-9-12-21(27)8-3/h9,11-17H,6-8,10,18H2,1-5H3. The van der Waals surface area contributed by atoms with Gasteiger partial charge in [0, 0.05) is 23.4 Å². The van der Waals surface area contributed by atoms with E-state index in [9.17, 15) is 0 Å². The first kappa shape index (κ1) is 22.7. The van der Waals surface area contributed by atoms with E-state index >= 15 is 0 Å². The minimum Gasteiger partial charge on any atom is -0.496 e. The Morgan fingerprint density at radius 1 is 0.774 bits per heavy atom. The monoisotopic (exact) mass is 419 g/mol. The average molecular weight is 420 g/mol. The maximum Gasteiger partial charge on any atom is 0.161 e. The summed E-state index contributed by atoms with van der Waals surface area (Å²) < 4.78 is 17.3. The van der Waals surface area contributed by atoms with Crippen molar-refractivity contribution in [3.63, 3.8) is 0 Å². The van der Waals surface area contributed by atoms with Gasteiger partial charge in [0.05, 0.1) is 19.9 Å². The van der Waals surface area contributed by atoms with Crippen LogP contribution in [0.2, 0.25) is 0 Å². The molecule has 0 atom stereocenters. The van der Waals surface area contributed by atoms with Crippen molar-refractivity contribution >= 4 is 0 Å². The highest BCUT2D eigenvalue weighted by Gasteiger charge is 2.14. The normalized spacial score (nSPS) is 10.7. The van der Waals surface area contributed by atoms with Crippen LogP contribution in [-0.2, 0) is 25.9 Å². The molecule has 31 heavy (non-hydrogen) atoms. The van der Waals surface area contributed by atoms with Crippen LogP contribution in [0.4, 0.5) is 0 Å². The average Bonchev–Trinajstić information content (AvgIpc) is 2.82. The summed E-state index contributed by atoms with van der Waals surface area (Å²) in [4.78, 5) is 4.78. The molecule has 0 N–H and O–H groups in total. The fraction of sp³-hybridized carbons (Fsp3) is 0.370. The van der Waals surface area contributed by atoms with Crippen molar-refractivity contribution in [2.75, 3.05) is 14.2 Å². The van der Waals surface area contributed by atoms with Crippen LogP contribution in [0.3, 0.4) is 0 Å². The van der Waals surface area contributed by atoms with E-state index in [1.54, 1.807) is 14.2 Å². The van der Waals surface area contributed by atoms with Crippen LogP contribution >= 0.6 is 0 Å². The minimum absolute atomic E-state index is 0.357. The van der Waals surface area contributed by atoms with E-state index in [-0.39, 0.29) is 0 Å². The lowest BCUT2D eigenvalue weighted by Crippen LogP contribution is -2.03. The highest BCUT2D eigenvalue weighted by atomic mass is 16.5. The zero-order valence-corrected chi connectivity index (χ0v) is 19.3. The number of benzene rings is 2. The molecule has 0 bridgehead atoms. The van der Waals surface area contributed by atoms with Gasteiger partial charge in [-0.15, -0.1) is 0 Å². The van der Waals surface area contributed by atoms with E-state index in [1.165, 1.54) is 22.3 Å². The van der Waals surface area contributed by atoms with Crippen LogP contribution in [0, 0.1) is 0 Å². The van der Waals surface area contributed by atoms with Gasteiger partial charge >= 0.3 is 0 Å². The van der Waals surface area contributed by atoms with Crippen LogP contribution < -0.4 is 14.2 Å². The Bertz CT molecular complexity index is 991.